The highest BCUT2D eigenvalue weighted by Gasteiger charge is 2.29. The van der Waals surface area contributed by atoms with E-state index in [0.29, 0.717) is 29.9 Å². The molecule has 0 spiro atoms. The van der Waals surface area contributed by atoms with Gasteiger partial charge in [0.25, 0.3) is 10.0 Å². The highest BCUT2D eigenvalue weighted by Crippen LogP contribution is 2.30. The molecule has 1 aliphatic rings. The fraction of sp³-hybridized carbons (Fsp3) is 0.333. The zero-order chi connectivity index (χ0) is 19.1. The van der Waals surface area contributed by atoms with Gasteiger partial charge in [-0.3, -0.25) is 9.03 Å². The molecule has 3 rings (SSSR count). The molecule has 0 atom stereocenters. The van der Waals surface area contributed by atoms with Crippen LogP contribution in [0.3, 0.4) is 0 Å². The van der Waals surface area contributed by atoms with Crippen molar-refractivity contribution >= 4 is 31.4 Å². The first-order chi connectivity index (χ1) is 12.1. The average molecular weight is 395 g/mol. The van der Waals surface area contributed by atoms with Crippen molar-refractivity contribution in [2.75, 3.05) is 21.3 Å². The summed E-state index contributed by atoms with van der Waals surface area (Å²) in [5.74, 6) is 0.115. The first kappa shape index (κ1) is 18.7. The highest BCUT2D eigenvalue weighted by atomic mass is 32.2. The van der Waals surface area contributed by atoms with E-state index in [4.69, 9.17) is 0 Å². The van der Waals surface area contributed by atoms with Crippen LogP contribution < -0.4 is 9.03 Å². The van der Waals surface area contributed by atoms with Gasteiger partial charge in [-0.1, -0.05) is 18.2 Å². The molecule has 0 aromatic heterocycles. The quantitative estimate of drug-likeness (QED) is 0.864. The lowest BCUT2D eigenvalue weighted by molar-refractivity contribution is 0.598. The first-order valence-electron chi connectivity index (χ1n) is 8.31. The molecule has 8 heteroatoms. The Bertz CT molecular complexity index is 1060. The summed E-state index contributed by atoms with van der Waals surface area (Å²) in [6.07, 6.45) is 0.569. The number of nitrogens with zero attached hydrogens (tertiary/aromatic N) is 1. The van der Waals surface area contributed by atoms with Gasteiger partial charge < -0.3 is 0 Å². The maximum absolute atomic E-state index is 12.8. The standard InChI is InChI=1S/C18H22N2O4S2/c1-13-5-6-15(3)18(11-13)26(23,24)19-17-12-16(8-7-14(17)2)20-9-4-10-25(20,21)22/h5-8,11-12,19H,4,9-10H2,1-3H3. The van der Waals surface area contributed by atoms with E-state index in [2.05, 4.69) is 4.72 Å². The Morgan fingerprint density at radius 3 is 2.35 bits per heavy atom. The molecule has 2 aromatic rings. The topological polar surface area (TPSA) is 83.6 Å². The summed E-state index contributed by atoms with van der Waals surface area (Å²) in [5, 5.41) is 0. The van der Waals surface area contributed by atoms with E-state index < -0.39 is 20.0 Å². The van der Waals surface area contributed by atoms with E-state index in [1.807, 2.05) is 13.0 Å². The van der Waals surface area contributed by atoms with Gasteiger partial charge in [0, 0.05) is 6.54 Å². The summed E-state index contributed by atoms with van der Waals surface area (Å²) in [6, 6.07) is 10.3. The normalized spacial score (nSPS) is 16.7. The molecule has 0 unspecified atom stereocenters. The van der Waals surface area contributed by atoms with Crippen LogP contribution in [-0.4, -0.2) is 29.1 Å². The number of sulfonamides is 2. The predicted octanol–water partition coefficient (Wildman–Crippen LogP) is 2.95. The number of nitrogens with one attached hydrogen (secondary N) is 1. The summed E-state index contributed by atoms with van der Waals surface area (Å²) in [7, 11) is -7.10. The summed E-state index contributed by atoms with van der Waals surface area (Å²) < 4.78 is 53.9. The number of anilines is 2. The van der Waals surface area contributed by atoms with Crippen LogP contribution in [0.4, 0.5) is 11.4 Å². The lowest BCUT2D eigenvalue weighted by atomic mass is 10.2. The molecule has 1 heterocycles. The van der Waals surface area contributed by atoms with E-state index in [1.54, 1.807) is 44.2 Å². The molecular weight excluding hydrogens is 372 g/mol. The van der Waals surface area contributed by atoms with Crippen LogP contribution in [0.25, 0.3) is 0 Å². The Hall–Kier alpha value is -2.06. The van der Waals surface area contributed by atoms with Gasteiger partial charge in [-0.25, -0.2) is 16.8 Å². The van der Waals surface area contributed by atoms with Crippen LogP contribution in [0.1, 0.15) is 23.1 Å². The van der Waals surface area contributed by atoms with Gasteiger partial charge in [0.15, 0.2) is 0 Å². The lowest BCUT2D eigenvalue weighted by Gasteiger charge is -2.19. The summed E-state index contributed by atoms with van der Waals surface area (Å²) in [6.45, 7) is 5.77. The van der Waals surface area contributed by atoms with Crippen molar-refractivity contribution in [3.05, 3.63) is 53.1 Å². The van der Waals surface area contributed by atoms with Gasteiger partial charge in [-0.15, -0.1) is 0 Å². The second-order valence-electron chi connectivity index (χ2n) is 6.62. The average Bonchev–Trinajstić information content (AvgIpc) is 2.91. The molecule has 0 bridgehead atoms. The van der Waals surface area contributed by atoms with Crippen molar-refractivity contribution in [3.8, 4) is 0 Å². The van der Waals surface area contributed by atoms with E-state index in [9.17, 15) is 16.8 Å². The highest BCUT2D eigenvalue weighted by molar-refractivity contribution is 7.93. The summed E-state index contributed by atoms with van der Waals surface area (Å²) >= 11 is 0. The molecule has 6 nitrogen and oxygen atoms in total. The Labute approximate surface area is 155 Å². The maximum atomic E-state index is 12.8. The number of aryl methyl sites for hydroxylation is 3. The molecule has 0 radical (unpaired) electrons. The third-order valence-corrected chi connectivity index (χ3v) is 7.86. The summed E-state index contributed by atoms with van der Waals surface area (Å²) in [4.78, 5) is 0.219. The van der Waals surface area contributed by atoms with Crippen molar-refractivity contribution in [2.45, 2.75) is 32.1 Å². The molecule has 1 saturated heterocycles. The molecule has 0 aliphatic carbocycles. The van der Waals surface area contributed by atoms with Crippen molar-refractivity contribution in [2.24, 2.45) is 0 Å². The van der Waals surface area contributed by atoms with Crippen LogP contribution in [0.2, 0.25) is 0 Å². The zero-order valence-corrected chi connectivity index (χ0v) is 16.6. The predicted molar refractivity (Wildman–Crippen MR) is 104 cm³/mol. The van der Waals surface area contributed by atoms with Gasteiger partial charge in [0.2, 0.25) is 10.0 Å². The Morgan fingerprint density at radius 1 is 1.00 bits per heavy atom. The van der Waals surface area contributed by atoms with Crippen LogP contribution in [0.15, 0.2) is 41.3 Å². The van der Waals surface area contributed by atoms with Crippen LogP contribution in [-0.2, 0) is 20.0 Å². The smallest absolute Gasteiger partial charge is 0.262 e. The molecule has 0 saturated carbocycles. The molecular formula is C18H22N2O4S2. The van der Waals surface area contributed by atoms with Gasteiger partial charge in [-0.2, -0.15) is 0 Å². The third kappa shape index (κ3) is 3.57. The molecule has 140 valence electrons. The molecule has 1 fully saturated rings. The number of hydrogen-bond acceptors (Lipinski definition) is 4. The zero-order valence-electron chi connectivity index (χ0n) is 15.0. The number of hydrogen-bond donors (Lipinski definition) is 1. The molecule has 2 aromatic carbocycles. The minimum Gasteiger partial charge on any atom is -0.279 e. The van der Waals surface area contributed by atoms with E-state index in [1.165, 1.54) is 4.31 Å². The molecule has 1 aliphatic heterocycles. The van der Waals surface area contributed by atoms with E-state index >= 15 is 0 Å². The van der Waals surface area contributed by atoms with Gasteiger partial charge >= 0.3 is 0 Å². The number of benzene rings is 2. The minimum atomic E-state index is -3.78. The van der Waals surface area contributed by atoms with E-state index in [-0.39, 0.29) is 10.6 Å². The van der Waals surface area contributed by atoms with Crippen LogP contribution in [0, 0.1) is 20.8 Å². The third-order valence-electron chi connectivity index (χ3n) is 4.49. The van der Waals surface area contributed by atoms with Crippen molar-refractivity contribution in [1.29, 1.82) is 0 Å². The second kappa shape index (κ2) is 6.59. The van der Waals surface area contributed by atoms with E-state index in [0.717, 1.165) is 11.1 Å². The summed E-state index contributed by atoms with van der Waals surface area (Å²) in [5.41, 5.74) is 3.08. The molecule has 26 heavy (non-hydrogen) atoms. The monoisotopic (exact) mass is 394 g/mol. The van der Waals surface area contributed by atoms with Gasteiger partial charge in [-0.05, 0) is 62.1 Å². The second-order valence-corrected chi connectivity index (χ2v) is 10.3. The first-order valence-corrected chi connectivity index (χ1v) is 11.4. The van der Waals surface area contributed by atoms with Crippen LogP contribution >= 0.6 is 0 Å². The molecule has 1 N–H and O–H groups in total. The van der Waals surface area contributed by atoms with Gasteiger partial charge in [0.05, 0.1) is 22.0 Å². The fourth-order valence-corrected chi connectivity index (χ4v) is 6.01. The lowest BCUT2D eigenvalue weighted by Crippen LogP contribution is -2.25. The van der Waals surface area contributed by atoms with Crippen molar-refractivity contribution < 1.29 is 16.8 Å². The number of rotatable bonds is 4. The maximum Gasteiger partial charge on any atom is 0.262 e. The largest absolute Gasteiger partial charge is 0.279 e. The van der Waals surface area contributed by atoms with Crippen LogP contribution in [0.5, 0.6) is 0 Å². The molecule has 0 amide bonds. The SMILES string of the molecule is Cc1ccc(C)c(S(=O)(=O)Nc2cc(N3CCCS3(=O)=O)ccc2C)c1. The minimum absolute atomic E-state index is 0.115. The Kier molecular flexibility index (Phi) is 4.74. The fourth-order valence-electron chi connectivity index (χ4n) is 3.00. The Morgan fingerprint density at radius 2 is 1.69 bits per heavy atom. The Balaban J connectivity index is 2.00. The van der Waals surface area contributed by atoms with Crippen molar-refractivity contribution in [3.63, 3.8) is 0 Å². The van der Waals surface area contributed by atoms with Gasteiger partial charge in [0.1, 0.15) is 0 Å². The van der Waals surface area contributed by atoms with Crippen molar-refractivity contribution in [1.82, 2.24) is 0 Å².